The van der Waals surface area contributed by atoms with Crippen molar-refractivity contribution in [1.82, 2.24) is 4.72 Å². The van der Waals surface area contributed by atoms with Crippen molar-refractivity contribution in [2.75, 3.05) is 13.2 Å². The Labute approximate surface area is 114 Å². The third-order valence-electron chi connectivity index (χ3n) is 3.34. The summed E-state index contributed by atoms with van der Waals surface area (Å²) in [7, 11) is -3.49. The Bertz CT molecular complexity index is 537. The van der Waals surface area contributed by atoms with E-state index < -0.39 is 10.0 Å². The summed E-state index contributed by atoms with van der Waals surface area (Å²) in [5, 5.41) is 0. The largest absolute Gasteiger partial charge is 0.380 e. The van der Waals surface area contributed by atoms with Crippen molar-refractivity contribution in [3.63, 3.8) is 0 Å². The van der Waals surface area contributed by atoms with E-state index in [1.54, 1.807) is 12.1 Å². The van der Waals surface area contributed by atoms with Crippen molar-refractivity contribution < 1.29 is 13.2 Å². The summed E-state index contributed by atoms with van der Waals surface area (Å²) in [6, 6.07) is 5.01. The van der Waals surface area contributed by atoms with E-state index in [0.29, 0.717) is 19.8 Å². The number of nitrogens with one attached hydrogen (secondary N) is 1. The number of sulfonamides is 1. The second-order valence-electron chi connectivity index (χ2n) is 4.67. The molecule has 3 N–H and O–H groups in total. The van der Waals surface area contributed by atoms with Crippen LogP contribution in [0.15, 0.2) is 23.1 Å². The quantitative estimate of drug-likeness (QED) is 0.837. The number of hydrogen-bond donors (Lipinski definition) is 2. The Morgan fingerprint density at radius 2 is 2.21 bits per heavy atom. The van der Waals surface area contributed by atoms with Gasteiger partial charge < -0.3 is 10.5 Å². The van der Waals surface area contributed by atoms with Crippen LogP contribution in [0, 0.1) is 0 Å². The van der Waals surface area contributed by atoms with Gasteiger partial charge in [-0.2, -0.15) is 0 Å². The van der Waals surface area contributed by atoms with Crippen LogP contribution < -0.4 is 10.5 Å². The van der Waals surface area contributed by atoms with E-state index in [-0.39, 0.29) is 10.9 Å². The molecule has 106 valence electrons. The van der Waals surface area contributed by atoms with Gasteiger partial charge in [-0.15, -0.1) is 0 Å². The van der Waals surface area contributed by atoms with Crippen LogP contribution in [-0.4, -0.2) is 27.7 Å². The number of aryl methyl sites for hydroxylation is 1. The number of hydrogen-bond acceptors (Lipinski definition) is 4. The molecule has 1 fully saturated rings. The third kappa shape index (κ3) is 3.33. The normalized spacial score (nSPS) is 19.8. The first-order chi connectivity index (χ1) is 9.06. The molecule has 1 aromatic carbocycles. The summed E-state index contributed by atoms with van der Waals surface area (Å²) in [4.78, 5) is 0.275. The smallest absolute Gasteiger partial charge is 0.240 e. The Morgan fingerprint density at radius 1 is 1.42 bits per heavy atom. The SMILES string of the molecule is CCc1ccc(S(=O)(=O)NC2CCOC2)cc1CN. The van der Waals surface area contributed by atoms with Gasteiger partial charge in [-0.25, -0.2) is 13.1 Å². The molecule has 0 amide bonds. The Kier molecular flexibility index (Phi) is 4.57. The first-order valence-corrected chi connectivity index (χ1v) is 7.97. The van der Waals surface area contributed by atoms with Crippen LogP contribution in [0.1, 0.15) is 24.5 Å². The van der Waals surface area contributed by atoms with Crippen molar-refractivity contribution in [1.29, 1.82) is 0 Å². The maximum Gasteiger partial charge on any atom is 0.240 e. The number of benzene rings is 1. The van der Waals surface area contributed by atoms with Gasteiger partial charge in [-0.05, 0) is 36.1 Å². The summed E-state index contributed by atoms with van der Waals surface area (Å²) in [5.74, 6) is 0. The molecular formula is C13H20N2O3S. The maximum absolute atomic E-state index is 12.2. The Hall–Kier alpha value is -0.950. The van der Waals surface area contributed by atoms with Gasteiger partial charge in [0.1, 0.15) is 0 Å². The second kappa shape index (κ2) is 6.00. The molecule has 1 unspecified atom stereocenters. The van der Waals surface area contributed by atoms with Crippen LogP contribution >= 0.6 is 0 Å². The van der Waals surface area contributed by atoms with E-state index in [1.807, 2.05) is 13.0 Å². The highest BCUT2D eigenvalue weighted by Gasteiger charge is 2.23. The summed E-state index contributed by atoms with van der Waals surface area (Å²) in [5.41, 5.74) is 7.64. The third-order valence-corrected chi connectivity index (χ3v) is 4.86. The summed E-state index contributed by atoms with van der Waals surface area (Å²) in [6.45, 7) is 3.42. The zero-order valence-corrected chi connectivity index (χ0v) is 11.9. The molecule has 1 aliphatic rings. The Balaban J connectivity index is 2.24. The standard InChI is InChI=1S/C13H20N2O3S/c1-2-10-3-4-13(7-11(10)8-14)19(16,17)15-12-5-6-18-9-12/h3-4,7,12,15H,2,5-6,8-9,14H2,1H3. The van der Waals surface area contributed by atoms with Crippen molar-refractivity contribution >= 4 is 10.0 Å². The second-order valence-corrected chi connectivity index (χ2v) is 6.38. The lowest BCUT2D eigenvalue weighted by Gasteiger charge is -2.13. The van der Waals surface area contributed by atoms with Crippen LogP contribution in [0.3, 0.4) is 0 Å². The molecule has 0 bridgehead atoms. The zero-order chi connectivity index (χ0) is 13.9. The minimum absolute atomic E-state index is 0.128. The number of nitrogens with two attached hydrogens (primary N) is 1. The summed E-state index contributed by atoms with van der Waals surface area (Å²) < 4.78 is 32.3. The molecule has 5 nitrogen and oxygen atoms in total. The van der Waals surface area contributed by atoms with E-state index in [9.17, 15) is 8.42 Å². The molecule has 0 saturated carbocycles. The predicted octanol–water partition coefficient (Wildman–Crippen LogP) is 0.775. The maximum atomic E-state index is 12.2. The zero-order valence-electron chi connectivity index (χ0n) is 11.1. The fourth-order valence-electron chi connectivity index (χ4n) is 2.22. The van der Waals surface area contributed by atoms with Crippen LogP contribution in [0.2, 0.25) is 0 Å². The van der Waals surface area contributed by atoms with Gasteiger partial charge in [0.25, 0.3) is 0 Å². The first-order valence-electron chi connectivity index (χ1n) is 6.48. The van der Waals surface area contributed by atoms with Crippen LogP contribution in [0.5, 0.6) is 0 Å². The number of rotatable bonds is 5. The molecule has 1 atom stereocenters. The van der Waals surface area contributed by atoms with Crippen LogP contribution in [0.25, 0.3) is 0 Å². The lowest BCUT2D eigenvalue weighted by molar-refractivity contribution is 0.192. The van der Waals surface area contributed by atoms with Crippen molar-refractivity contribution in [3.8, 4) is 0 Å². The van der Waals surface area contributed by atoms with E-state index >= 15 is 0 Å². The highest BCUT2D eigenvalue weighted by atomic mass is 32.2. The fourth-order valence-corrected chi connectivity index (χ4v) is 3.52. The Morgan fingerprint density at radius 3 is 2.79 bits per heavy atom. The van der Waals surface area contributed by atoms with Gasteiger partial charge in [0.2, 0.25) is 10.0 Å². The minimum atomic E-state index is -3.49. The molecule has 1 saturated heterocycles. The lowest BCUT2D eigenvalue weighted by Crippen LogP contribution is -2.35. The monoisotopic (exact) mass is 284 g/mol. The van der Waals surface area contributed by atoms with Crippen molar-refractivity contribution in [3.05, 3.63) is 29.3 Å². The molecule has 19 heavy (non-hydrogen) atoms. The van der Waals surface area contributed by atoms with Gasteiger partial charge >= 0.3 is 0 Å². The molecule has 0 aromatic heterocycles. The molecule has 2 rings (SSSR count). The van der Waals surface area contributed by atoms with Gasteiger partial charge in [0, 0.05) is 19.2 Å². The average Bonchev–Trinajstić information content (AvgIpc) is 2.89. The molecular weight excluding hydrogens is 264 g/mol. The average molecular weight is 284 g/mol. The molecule has 0 aliphatic carbocycles. The molecule has 0 spiro atoms. The van der Waals surface area contributed by atoms with Gasteiger partial charge in [-0.1, -0.05) is 13.0 Å². The van der Waals surface area contributed by atoms with E-state index in [0.717, 1.165) is 24.0 Å². The van der Waals surface area contributed by atoms with Crippen molar-refractivity contribution in [2.45, 2.75) is 37.2 Å². The van der Waals surface area contributed by atoms with Gasteiger partial charge in [0.15, 0.2) is 0 Å². The molecule has 1 heterocycles. The minimum Gasteiger partial charge on any atom is -0.380 e. The van der Waals surface area contributed by atoms with Crippen molar-refractivity contribution in [2.24, 2.45) is 5.73 Å². The summed E-state index contributed by atoms with van der Waals surface area (Å²) in [6.07, 6.45) is 1.56. The van der Waals surface area contributed by atoms with Gasteiger partial charge in [-0.3, -0.25) is 0 Å². The predicted molar refractivity (Wildman–Crippen MR) is 73.3 cm³/mol. The topological polar surface area (TPSA) is 81.4 Å². The van der Waals surface area contributed by atoms with E-state index in [2.05, 4.69) is 4.72 Å². The molecule has 0 radical (unpaired) electrons. The molecule has 1 aromatic rings. The highest BCUT2D eigenvalue weighted by Crippen LogP contribution is 2.18. The van der Waals surface area contributed by atoms with Crippen LogP contribution in [-0.2, 0) is 27.7 Å². The van der Waals surface area contributed by atoms with Crippen LogP contribution in [0.4, 0.5) is 0 Å². The number of ether oxygens (including phenoxy) is 1. The lowest BCUT2D eigenvalue weighted by atomic mass is 10.1. The molecule has 1 aliphatic heterocycles. The first kappa shape index (κ1) is 14.5. The summed E-state index contributed by atoms with van der Waals surface area (Å²) >= 11 is 0. The molecule has 6 heteroatoms. The highest BCUT2D eigenvalue weighted by molar-refractivity contribution is 7.89. The van der Waals surface area contributed by atoms with Gasteiger partial charge in [0.05, 0.1) is 11.5 Å². The van der Waals surface area contributed by atoms with E-state index in [4.69, 9.17) is 10.5 Å². The fraction of sp³-hybridized carbons (Fsp3) is 0.538. The van der Waals surface area contributed by atoms with E-state index in [1.165, 1.54) is 0 Å².